The number of rotatable bonds is 6. The van der Waals surface area contributed by atoms with Crippen molar-refractivity contribution in [3.05, 3.63) is 29.8 Å². The van der Waals surface area contributed by atoms with E-state index in [0.717, 1.165) is 24.2 Å². The second-order valence-electron chi connectivity index (χ2n) is 5.62. The van der Waals surface area contributed by atoms with Gasteiger partial charge in [0, 0.05) is 12.2 Å². The minimum Gasteiger partial charge on any atom is -0.469 e. The Bertz CT molecular complexity index is 470. The van der Waals surface area contributed by atoms with Gasteiger partial charge >= 0.3 is 5.97 Å². The van der Waals surface area contributed by atoms with E-state index in [1.807, 2.05) is 38.1 Å². The molecule has 0 bridgehead atoms. The smallest absolute Gasteiger partial charge is 0.309 e. The lowest BCUT2D eigenvalue weighted by atomic mass is 10.1. The molecule has 116 valence electrons. The monoisotopic (exact) mass is 293 g/mol. The van der Waals surface area contributed by atoms with Gasteiger partial charge in [-0.1, -0.05) is 12.1 Å². The molecule has 2 rings (SSSR count). The third-order valence-corrected chi connectivity index (χ3v) is 3.39. The van der Waals surface area contributed by atoms with Gasteiger partial charge in [-0.15, -0.1) is 0 Å². The van der Waals surface area contributed by atoms with Crippen LogP contribution in [0.2, 0.25) is 0 Å². The molecule has 1 aromatic rings. The van der Waals surface area contributed by atoms with Crippen LogP contribution in [0.4, 0.5) is 5.69 Å². The summed E-state index contributed by atoms with van der Waals surface area (Å²) in [6.07, 6.45) is 1.35. The molecule has 0 saturated carbocycles. The Balaban J connectivity index is 1.73. The second-order valence-corrected chi connectivity index (χ2v) is 5.62. The van der Waals surface area contributed by atoms with E-state index < -0.39 is 5.79 Å². The van der Waals surface area contributed by atoms with Gasteiger partial charge in [0.15, 0.2) is 5.79 Å². The molecule has 21 heavy (non-hydrogen) atoms. The number of benzene rings is 1. The van der Waals surface area contributed by atoms with Crippen molar-refractivity contribution in [1.29, 1.82) is 0 Å². The Morgan fingerprint density at radius 1 is 1.38 bits per heavy atom. The molecule has 1 aromatic carbocycles. The molecule has 1 saturated heterocycles. The molecule has 0 radical (unpaired) electrons. The fourth-order valence-corrected chi connectivity index (χ4v) is 2.26. The Morgan fingerprint density at radius 3 is 2.67 bits per heavy atom. The van der Waals surface area contributed by atoms with Crippen molar-refractivity contribution in [1.82, 2.24) is 0 Å². The zero-order valence-corrected chi connectivity index (χ0v) is 12.8. The van der Waals surface area contributed by atoms with E-state index in [0.29, 0.717) is 13.0 Å². The van der Waals surface area contributed by atoms with E-state index >= 15 is 0 Å². The maximum absolute atomic E-state index is 11.2. The third-order valence-electron chi connectivity index (χ3n) is 3.39. The average molecular weight is 293 g/mol. The molecule has 0 amide bonds. The van der Waals surface area contributed by atoms with Gasteiger partial charge in [-0.3, -0.25) is 4.79 Å². The fraction of sp³-hybridized carbons (Fsp3) is 0.562. The first kappa shape index (κ1) is 15.8. The molecule has 0 spiro atoms. The number of carbonyl (C=O) groups excluding carboxylic acids is 1. The van der Waals surface area contributed by atoms with E-state index in [-0.39, 0.29) is 12.1 Å². The molecule has 1 N–H and O–H groups in total. The first-order chi connectivity index (χ1) is 9.98. The molecule has 1 aliphatic rings. The van der Waals surface area contributed by atoms with Crippen molar-refractivity contribution in [3.63, 3.8) is 0 Å². The summed E-state index contributed by atoms with van der Waals surface area (Å²) in [4.78, 5) is 11.2. The van der Waals surface area contributed by atoms with Crippen LogP contribution in [-0.2, 0) is 25.4 Å². The molecule has 1 aliphatic heterocycles. The highest BCUT2D eigenvalue weighted by atomic mass is 16.7. The summed E-state index contributed by atoms with van der Waals surface area (Å²) in [6, 6.07) is 7.79. The maximum Gasteiger partial charge on any atom is 0.309 e. The highest BCUT2D eigenvalue weighted by Crippen LogP contribution is 2.24. The van der Waals surface area contributed by atoms with Gasteiger partial charge in [-0.05, 0) is 38.0 Å². The summed E-state index contributed by atoms with van der Waals surface area (Å²) in [6.45, 7) is 5.33. The van der Waals surface area contributed by atoms with Gasteiger partial charge in [-0.25, -0.2) is 0 Å². The van der Waals surface area contributed by atoms with Crippen LogP contribution < -0.4 is 5.32 Å². The number of hydrogen-bond acceptors (Lipinski definition) is 5. The lowest BCUT2D eigenvalue weighted by Gasteiger charge is -2.17. The lowest BCUT2D eigenvalue weighted by Crippen LogP contribution is -2.22. The number of nitrogens with one attached hydrogen (secondary N) is 1. The van der Waals surface area contributed by atoms with E-state index in [2.05, 4.69) is 10.1 Å². The standard InChI is InChI=1S/C16H23NO4/c1-16(2)20-11-14(21-16)8-9-17-13-6-4-12(5-7-13)10-15(18)19-3/h4-7,14,17H,8-11H2,1-3H3/t14-/m0/s1. The van der Waals surface area contributed by atoms with Gasteiger partial charge in [0.2, 0.25) is 0 Å². The topological polar surface area (TPSA) is 56.8 Å². The van der Waals surface area contributed by atoms with Crippen LogP contribution in [0.5, 0.6) is 0 Å². The summed E-state index contributed by atoms with van der Waals surface area (Å²) in [5, 5.41) is 3.34. The first-order valence-corrected chi connectivity index (χ1v) is 7.20. The predicted molar refractivity (Wildman–Crippen MR) is 80.2 cm³/mol. The highest BCUT2D eigenvalue weighted by Gasteiger charge is 2.31. The van der Waals surface area contributed by atoms with Crippen LogP contribution in [0.25, 0.3) is 0 Å². The third kappa shape index (κ3) is 5.02. The molecular formula is C16H23NO4. The van der Waals surface area contributed by atoms with E-state index in [1.165, 1.54) is 7.11 Å². The maximum atomic E-state index is 11.2. The molecule has 0 aromatic heterocycles. The molecule has 1 heterocycles. The number of carbonyl (C=O) groups is 1. The van der Waals surface area contributed by atoms with Crippen LogP contribution in [-0.4, -0.2) is 38.1 Å². The molecule has 0 aliphatic carbocycles. The summed E-state index contributed by atoms with van der Waals surface area (Å²) in [5.41, 5.74) is 1.98. The number of methoxy groups -OCH3 is 1. The minimum atomic E-state index is -0.458. The van der Waals surface area contributed by atoms with Crippen LogP contribution in [0.15, 0.2) is 24.3 Å². The Morgan fingerprint density at radius 2 is 2.10 bits per heavy atom. The van der Waals surface area contributed by atoms with Gasteiger partial charge in [0.25, 0.3) is 0 Å². The van der Waals surface area contributed by atoms with E-state index in [4.69, 9.17) is 9.47 Å². The van der Waals surface area contributed by atoms with E-state index in [1.54, 1.807) is 0 Å². The molecular weight excluding hydrogens is 270 g/mol. The largest absolute Gasteiger partial charge is 0.469 e. The van der Waals surface area contributed by atoms with E-state index in [9.17, 15) is 4.79 Å². The SMILES string of the molecule is COC(=O)Cc1ccc(NCC[C@H]2COC(C)(C)O2)cc1. The van der Waals surface area contributed by atoms with Crippen molar-refractivity contribution in [2.24, 2.45) is 0 Å². The lowest BCUT2D eigenvalue weighted by molar-refractivity contribution is -0.140. The Kier molecular flexibility index (Phi) is 5.20. The molecule has 5 heteroatoms. The second kappa shape index (κ2) is 6.91. The van der Waals surface area contributed by atoms with Crippen molar-refractivity contribution < 1.29 is 19.0 Å². The van der Waals surface area contributed by atoms with Crippen molar-refractivity contribution >= 4 is 11.7 Å². The number of anilines is 1. The zero-order chi connectivity index (χ0) is 15.3. The quantitative estimate of drug-likeness (QED) is 0.816. The van der Waals surface area contributed by atoms with Crippen LogP contribution in [0.3, 0.4) is 0 Å². The van der Waals surface area contributed by atoms with Gasteiger partial charge in [0.1, 0.15) is 0 Å². The van der Waals surface area contributed by atoms with Crippen LogP contribution in [0, 0.1) is 0 Å². The molecule has 1 fully saturated rings. The fourth-order valence-electron chi connectivity index (χ4n) is 2.26. The Labute approximate surface area is 125 Å². The van der Waals surface area contributed by atoms with Gasteiger partial charge in [-0.2, -0.15) is 0 Å². The number of esters is 1. The van der Waals surface area contributed by atoms with Crippen LogP contribution >= 0.6 is 0 Å². The predicted octanol–water partition coefficient (Wildman–Crippen LogP) is 2.36. The van der Waals surface area contributed by atoms with Crippen molar-refractivity contribution in [3.8, 4) is 0 Å². The summed E-state index contributed by atoms with van der Waals surface area (Å²) in [7, 11) is 1.40. The van der Waals surface area contributed by atoms with Gasteiger partial charge < -0.3 is 19.5 Å². The van der Waals surface area contributed by atoms with Gasteiger partial charge in [0.05, 0.1) is 26.2 Å². The minimum absolute atomic E-state index is 0.145. The summed E-state index contributed by atoms with van der Waals surface area (Å²) < 4.78 is 15.9. The molecule has 1 atom stereocenters. The zero-order valence-electron chi connectivity index (χ0n) is 12.8. The molecule has 0 unspecified atom stereocenters. The Hall–Kier alpha value is -1.59. The average Bonchev–Trinajstić information content (AvgIpc) is 2.80. The molecule has 5 nitrogen and oxygen atoms in total. The normalized spacial score (nSPS) is 20.2. The van der Waals surface area contributed by atoms with Crippen molar-refractivity contribution in [2.45, 2.75) is 38.6 Å². The highest BCUT2D eigenvalue weighted by molar-refractivity contribution is 5.72. The summed E-state index contributed by atoms with van der Waals surface area (Å²) >= 11 is 0. The number of hydrogen-bond donors (Lipinski definition) is 1. The van der Waals surface area contributed by atoms with Crippen molar-refractivity contribution in [2.75, 3.05) is 25.6 Å². The first-order valence-electron chi connectivity index (χ1n) is 7.20. The van der Waals surface area contributed by atoms with Crippen LogP contribution in [0.1, 0.15) is 25.8 Å². The number of ether oxygens (including phenoxy) is 3. The summed E-state index contributed by atoms with van der Waals surface area (Å²) in [5.74, 6) is -0.683.